The molecule has 5 nitrogen and oxygen atoms in total. The molecule has 1 N–H and O–H groups in total. The van der Waals surface area contributed by atoms with Crippen molar-refractivity contribution < 1.29 is 4.79 Å². The van der Waals surface area contributed by atoms with Crippen LogP contribution in [0.15, 0.2) is 48.9 Å². The maximum absolute atomic E-state index is 12.6. The fourth-order valence-corrected chi connectivity index (χ4v) is 2.46. The monoisotopic (exact) mass is 294 g/mol. The molecule has 3 heterocycles. The molecule has 0 bridgehead atoms. The molecule has 0 aliphatic heterocycles. The number of pyridine rings is 2. The predicted molar refractivity (Wildman–Crippen MR) is 85.6 cm³/mol. The summed E-state index contributed by atoms with van der Waals surface area (Å²) in [5, 5.41) is 0. The number of likely N-dealkylation sites (N-methyl/N-ethyl adjacent to an activating group) is 1. The Morgan fingerprint density at radius 3 is 2.77 bits per heavy atom. The van der Waals surface area contributed by atoms with E-state index in [1.807, 2.05) is 42.2 Å². The lowest BCUT2D eigenvalue weighted by atomic mass is 10.2. The minimum absolute atomic E-state index is 0.00885. The minimum Gasteiger partial charge on any atom is -0.349 e. The molecule has 1 amide bonds. The third kappa shape index (κ3) is 2.98. The fraction of sp³-hybridized carbons (Fsp3) is 0.235. The van der Waals surface area contributed by atoms with Crippen LogP contribution in [-0.2, 0) is 6.42 Å². The molecule has 3 rings (SSSR count). The number of rotatable bonds is 5. The highest BCUT2D eigenvalue weighted by atomic mass is 16.2. The standard InChI is InChI=1S/C17H18N4O/c1-2-21(11-7-13-5-9-18-10-6-13)17(22)16-12-15-14(20-16)4-3-8-19-15/h3-6,8-10,12,20H,2,7,11H2,1H3. The second kappa shape index (κ2) is 6.39. The number of carbonyl (C=O) groups excluding carboxylic acids is 1. The summed E-state index contributed by atoms with van der Waals surface area (Å²) in [5.74, 6) is 0.00885. The Kier molecular flexibility index (Phi) is 4.14. The Morgan fingerprint density at radius 2 is 2.05 bits per heavy atom. The zero-order chi connectivity index (χ0) is 15.4. The van der Waals surface area contributed by atoms with Crippen molar-refractivity contribution in [3.63, 3.8) is 0 Å². The van der Waals surface area contributed by atoms with E-state index in [0.29, 0.717) is 18.8 Å². The third-order valence-corrected chi connectivity index (χ3v) is 3.71. The van der Waals surface area contributed by atoms with E-state index in [2.05, 4.69) is 15.0 Å². The van der Waals surface area contributed by atoms with E-state index in [1.165, 1.54) is 5.56 Å². The van der Waals surface area contributed by atoms with Gasteiger partial charge in [0.25, 0.3) is 5.91 Å². The molecule has 0 atom stereocenters. The van der Waals surface area contributed by atoms with Crippen molar-refractivity contribution in [2.75, 3.05) is 13.1 Å². The van der Waals surface area contributed by atoms with Crippen molar-refractivity contribution in [2.24, 2.45) is 0 Å². The van der Waals surface area contributed by atoms with Gasteiger partial charge in [0.05, 0.1) is 11.0 Å². The first kappa shape index (κ1) is 14.3. The van der Waals surface area contributed by atoms with Gasteiger partial charge in [-0.05, 0) is 49.2 Å². The van der Waals surface area contributed by atoms with Crippen LogP contribution in [0.5, 0.6) is 0 Å². The van der Waals surface area contributed by atoms with Crippen LogP contribution in [0.1, 0.15) is 23.0 Å². The average molecular weight is 294 g/mol. The number of aromatic amines is 1. The molecule has 22 heavy (non-hydrogen) atoms. The SMILES string of the molecule is CCN(CCc1ccncc1)C(=O)c1cc2ncccc2[nH]1. The zero-order valence-electron chi connectivity index (χ0n) is 12.5. The second-order valence-electron chi connectivity index (χ2n) is 5.11. The second-order valence-corrected chi connectivity index (χ2v) is 5.11. The van der Waals surface area contributed by atoms with Gasteiger partial charge in [-0.2, -0.15) is 0 Å². The largest absolute Gasteiger partial charge is 0.349 e. The fourth-order valence-electron chi connectivity index (χ4n) is 2.46. The lowest BCUT2D eigenvalue weighted by Crippen LogP contribution is -2.32. The molecule has 3 aromatic rings. The number of nitrogens with one attached hydrogen (secondary N) is 1. The van der Waals surface area contributed by atoms with Crippen LogP contribution in [0.3, 0.4) is 0 Å². The van der Waals surface area contributed by atoms with Crippen molar-refractivity contribution in [3.05, 3.63) is 60.2 Å². The molecule has 0 fully saturated rings. The summed E-state index contributed by atoms with van der Waals surface area (Å²) in [7, 11) is 0. The van der Waals surface area contributed by atoms with Gasteiger partial charge < -0.3 is 9.88 Å². The first-order valence-corrected chi connectivity index (χ1v) is 7.40. The molecule has 0 saturated carbocycles. The molecule has 0 unspecified atom stereocenters. The molecule has 112 valence electrons. The van der Waals surface area contributed by atoms with Gasteiger partial charge in [-0.25, -0.2) is 0 Å². The van der Waals surface area contributed by atoms with Crippen LogP contribution in [-0.4, -0.2) is 38.8 Å². The molecule has 3 aromatic heterocycles. The Hall–Kier alpha value is -2.69. The van der Waals surface area contributed by atoms with E-state index in [0.717, 1.165) is 17.5 Å². The van der Waals surface area contributed by atoms with Crippen LogP contribution in [0.2, 0.25) is 0 Å². The summed E-state index contributed by atoms with van der Waals surface area (Å²) >= 11 is 0. The maximum Gasteiger partial charge on any atom is 0.270 e. The molecule has 0 radical (unpaired) electrons. The minimum atomic E-state index is 0.00885. The Labute approximate surface area is 129 Å². The van der Waals surface area contributed by atoms with Crippen LogP contribution < -0.4 is 0 Å². The van der Waals surface area contributed by atoms with E-state index in [4.69, 9.17) is 0 Å². The van der Waals surface area contributed by atoms with Crippen LogP contribution in [0, 0.1) is 0 Å². The van der Waals surface area contributed by atoms with E-state index in [1.54, 1.807) is 18.6 Å². The number of aromatic nitrogens is 3. The summed E-state index contributed by atoms with van der Waals surface area (Å²) in [4.78, 5) is 25.9. The number of H-pyrrole nitrogens is 1. The molecular formula is C17H18N4O. The summed E-state index contributed by atoms with van der Waals surface area (Å²) in [5.41, 5.74) is 3.47. The van der Waals surface area contributed by atoms with E-state index >= 15 is 0 Å². The molecule has 0 aromatic carbocycles. The van der Waals surface area contributed by atoms with Gasteiger partial charge in [0, 0.05) is 31.7 Å². The molecule has 0 saturated heterocycles. The number of hydrogen-bond donors (Lipinski definition) is 1. The molecular weight excluding hydrogens is 276 g/mol. The molecule has 5 heteroatoms. The van der Waals surface area contributed by atoms with Crippen molar-refractivity contribution in [1.82, 2.24) is 19.9 Å². The van der Waals surface area contributed by atoms with Crippen molar-refractivity contribution in [2.45, 2.75) is 13.3 Å². The first-order valence-electron chi connectivity index (χ1n) is 7.40. The normalized spacial score (nSPS) is 10.8. The van der Waals surface area contributed by atoms with Crippen molar-refractivity contribution >= 4 is 16.9 Å². The Morgan fingerprint density at radius 1 is 1.23 bits per heavy atom. The molecule has 0 aliphatic carbocycles. The van der Waals surface area contributed by atoms with Gasteiger partial charge in [-0.15, -0.1) is 0 Å². The summed E-state index contributed by atoms with van der Waals surface area (Å²) in [6.45, 7) is 3.35. The lowest BCUT2D eigenvalue weighted by molar-refractivity contribution is 0.0761. The highest BCUT2D eigenvalue weighted by molar-refractivity contribution is 5.97. The highest BCUT2D eigenvalue weighted by Crippen LogP contribution is 2.14. The zero-order valence-corrected chi connectivity index (χ0v) is 12.5. The van der Waals surface area contributed by atoms with Gasteiger partial charge in [-0.3, -0.25) is 14.8 Å². The quantitative estimate of drug-likeness (QED) is 0.787. The smallest absolute Gasteiger partial charge is 0.270 e. The number of carbonyl (C=O) groups is 1. The number of hydrogen-bond acceptors (Lipinski definition) is 3. The topological polar surface area (TPSA) is 61.9 Å². The maximum atomic E-state index is 12.6. The van der Waals surface area contributed by atoms with Gasteiger partial charge in [0.15, 0.2) is 0 Å². The van der Waals surface area contributed by atoms with Gasteiger partial charge in [0.2, 0.25) is 0 Å². The number of fused-ring (bicyclic) bond motifs is 1. The first-order chi connectivity index (χ1) is 10.8. The Balaban J connectivity index is 1.73. The van der Waals surface area contributed by atoms with Crippen molar-refractivity contribution in [1.29, 1.82) is 0 Å². The van der Waals surface area contributed by atoms with E-state index < -0.39 is 0 Å². The van der Waals surface area contributed by atoms with Gasteiger partial charge >= 0.3 is 0 Å². The molecule has 0 spiro atoms. The average Bonchev–Trinajstić information content (AvgIpc) is 3.00. The Bertz CT molecular complexity index is 733. The van der Waals surface area contributed by atoms with Crippen LogP contribution >= 0.6 is 0 Å². The third-order valence-electron chi connectivity index (χ3n) is 3.71. The predicted octanol–water partition coefficient (Wildman–Crippen LogP) is 2.66. The van der Waals surface area contributed by atoms with Crippen LogP contribution in [0.4, 0.5) is 0 Å². The van der Waals surface area contributed by atoms with E-state index in [9.17, 15) is 4.79 Å². The summed E-state index contributed by atoms with van der Waals surface area (Å²) in [6, 6.07) is 9.55. The van der Waals surface area contributed by atoms with Gasteiger partial charge in [0.1, 0.15) is 5.69 Å². The summed E-state index contributed by atoms with van der Waals surface area (Å²) in [6.07, 6.45) is 6.10. The van der Waals surface area contributed by atoms with Crippen molar-refractivity contribution in [3.8, 4) is 0 Å². The van der Waals surface area contributed by atoms with Gasteiger partial charge in [-0.1, -0.05) is 0 Å². The highest BCUT2D eigenvalue weighted by Gasteiger charge is 2.16. The van der Waals surface area contributed by atoms with E-state index in [-0.39, 0.29) is 5.91 Å². The lowest BCUT2D eigenvalue weighted by Gasteiger charge is -2.20. The number of amides is 1. The number of nitrogens with zero attached hydrogens (tertiary/aromatic N) is 3. The summed E-state index contributed by atoms with van der Waals surface area (Å²) < 4.78 is 0. The molecule has 0 aliphatic rings. The van der Waals surface area contributed by atoms with Crippen LogP contribution in [0.25, 0.3) is 11.0 Å².